The van der Waals surface area contributed by atoms with Crippen LogP contribution in [0.25, 0.3) is 11.0 Å². The molecule has 180 valence electrons. The van der Waals surface area contributed by atoms with Crippen LogP contribution in [0.2, 0.25) is 0 Å². The lowest BCUT2D eigenvalue weighted by atomic mass is 9.96. The van der Waals surface area contributed by atoms with Crippen LogP contribution in [-0.2, 0) is 16.1 Å². The van der Waals surface area contributed by atoms with Gasteiger partial charge in [0.15, 0.2) is 11.6 Å². The predicted octanol–water partition coefficient (Wildman–Crippen LogP) is 3.85. The number of hydrogen-bond acceptors (Lipinski definition) is 4. The smallest absolute Gasteiger partial charge is 0.247 e. The van der Waals surface area contributed by atoms with Crippen LogP contribution in [0.4, 0.5) is 14.5 Å². The number of halogens is 2. The van der Waals surface area contributed by atoms with Gasteiger partial charge in [-0.2, -0.15) is 0 Å². The third-order valence-electron chi connectivity index (χ3n) is 6.41. The number of likely N-dealkylation sites (tertiary alicyclic amines) is 1. The van der Waals surface area contributed by atoms with Gasteiger partial charge >= 0.3 is 0 Å². The highest BCUT2D eigenvalue weighted by molar-refractivity contribution is 5.95. The Balaban J connectivity index is 1.48. The minimum atomic E-state index is -0.982. The number of benzene rings is 2. The molecule has 4 rings (SSSR count). The molecule has 7 nitrogen and oxygen atoms in total. The lowest BCUT2D eigenvalue weighted by Crippen LogP contribution is -2.38. The summed E-state index contributed by atoms with van der Waals surface area (Å²) in [5, 5.41) is 2.97. The van der Waals surface area contributed by atoms with Gasteiger partial charge in [0.05, 0.1) is 17.4 Å². The molecular formula is C25H29F2N5O2. The van der Waals surface area contributed by atoms with E-state index in [-0.39, 0.29) is 23.7 Å². The topological polar surface area (TPSA) is 93.3 Å². The van der Waals surface area contributed by atoms with Gasteiger partial charge in [-0.05, 0) is 49.5 Å². The number of amides is 2. The minimum absolute atomic E-state index is 0.0564. The number of carbonyl (C=O) groups is 2. The Hall–Kier alpha value is -3.33. The first-order valence-electron chi connectivity index (χ1n) is 11.5. The lowest BCUT2D eigenvalue weighted by molar-refractivity contribution is -0.123. The summed E-state index contributed by atoms with van der Waals surface area (Å²) < 4.78 is 29.1. The van der Waals surface area contributed by atoms with Gasteiger partial charge in [0.1, 0.15) is 6.04 Å². The predicted molar refractivity (Wildman–Crippen MR) is 126 cm³/mol. The number of piperidine rings is 1. The third-order valence-corrected chi connectivity index (χ3v) is 6.41. The van der Waals surface area contributed by atoms with E-state index in [0.29, 0.717) is 23.3 Å². The van der Waals surface area contributed by atoms with E-state index >= 15 is 0 Å². The van der Waals surface area contributed by atoms with E-state index in [9.17, 15) is 18.4 Å². The van der Waals surface area contributed by atoms with Crippen molar-refractivity contribution in [2.24, 2.45) is 17.6 Å². The summed E-state index contributed by atoms with van der Waals surface area (Å²) in [7, 11) is 0. The fraction of sp³-hybridized carbons (Fsp3) is 0.400. The average Bonchev–Trinajstić information content (AvgIpc) is 3.16. The fourth-order valence-electron chi connectivity index (χ4n) is 4.59. The van der Waals surface area contributed by atoms with Crippen LogP contribution in [-0.4, -0.2) is 39.4 Å². The van der Waals surface area contributed by atoms with E-state index in [1.807, 2.05) is 38.1 Å². The zero-order valence-corrected chi connectivity index (χ0v) is 19.3. The number of aromatic nitrogens is 2. The molecule has 0 bridgehead atoms. The zero-order valence-electron chi connectivity index (χ0n) is 19.3. The molecule has 1 aromatic heterocycles. The maximum absolute atomic E-state index is 13.9. The Morgan fingerprint density at radius 3 is 2.53 bits per heavy atom. The summed E-state index contributed by atoms with van der Waals surface area (Å²) >= 11 is 0. The summed E-state index contributed by atoms with van der Waals surface area (Å²) in [6, 6.07) is 9.07. The van der Waals surface area contributed by atoms with E-state index in [2.05, 4.69) is 15.2 Å². The van der Waals surface area contributed by atoms with Gasteiger partial charge in [0.2, 0.25) is 11.8 Å². The van der Waals surface area contributed by atoms with Gasteiger partial charge in [-0.15, -0.1) is 0 Å². The van der Waals surface area contributed by atoms with Gasteiger partial charge in [-0.25, -0.2) is 13.8 Å². The zero-order chi connectivity index (χ0) is 24.4. The molecular weight excluding hydrogens is 440 g/mol. The van der Waals surface area contributed by atoms with Crippen LogP contribution in [0.3, 0.4) is 0 Å². The first-order valence-corrected chi connectivity index (χ1v) is 11.5. The van der Waals surface area contributed by atoms with Gasteiger partial charge in [0.25, 0.3) is 0 Å². The van der Waals surface area contributed by atoms with Gasteiger partial charge in [-0.1, -0.05) is 26.0 Å². The molecule has 0 aliphatic carbocycles. The molecule has 1 unspecified atom stereocenters. The number of carbonyl (C=O) groups excluding carboxylic acids is 2. The van der Waals surface area contributed by atoms with Crippen molar-refractivity contribution in [1.29, 1.82) is 0 Å². The van der Waals surface area contributed by atoms with Crippen LogP contribution in [0.5, 0.6) is 0 Å². The van der Waals surface area contributed by atoms with Crippen molar-refractivity contribution in [3.63, 3.8) is 0 Å². The van der Waals surface area contributed by atoms with Crippen molar-refractivity contribution < 1.29 is 18.4 Å². The third kappa shape index (κ3) is 5.09. The second-order valence-corrected chi connectivity index (χ2v) is 9.24. The van der Waals surface area contributed by atoms with Crippen molar-refractivity contribution >= 4 is 28.5 Å². The molecule has 3 N–H and O–H groups in total. The van der Waals surface area contributed by atoms with Crippen molar-refractivity contribution in [3.05, 3.63) is 59.9 Å². The number of hydrogen-bond donors (Lipinski definition) is 2. The highest BCUT2D eigenvalue weighted by Crippen LogP contribution is 2.27. The second kappa shape index (κ2) is 9.89. The number of anilines is 1. The van der Waals surface area contributed by atoms with Crippen LogP contribution in [0.15, 0.2) is 42.7 Å². The van der Waals surface area contributed by atoms with Crippen molar-refractivity contribution in [2.45, 2.75) is 39.3 Å². The average molecular weight is 470 g/mol. The number of fused-ring (bicyclic) bond motifs is 1. The van der Waals surface area contributed by atoms with E-state index in [1.54, 1.807) is 4.57 Å². The van der Waals surface area contributed by atoms with Crippen LogP contribution in [0.1, 0.15) is 38.3 Å². The maximum atomic E-state index is 13.9. The number of imidazole rings is 1. The Kier molecular flexibility index (Phi) is 6.92. The van der Waals surface area contributed by atoms with E-state index in [0.717, 1.165) is 43.6 Å². The Labute approximate surface area is 196 Å². The molecule has 2 aromatic carbocycles. The highest BCUT2D eigenvalue weighted by atomic mass is 19.2. The van der Waals surface area contributed by atoms with E-state index in [1.165, 1.54) is 6.33 Å². The highest BCUT2D eigenvalue weighted by Gasteiger charge is 2.27. The Morgan fingerprint density at radius 2 is 1.85 bits per heavy atom. The molecule has 1 saturated heterocycles. The molecule has 34 heavy (non-hydrogen) atoms. The second-order valence-electron chi connectivity index (χ2n) is 9.24. The molecule has 1 aliphatic heterocycles. The molecule has 3 aromatic rings. The normalized spacial score (nSPS) is 16.1. The maximum Gasteiger partial charge on any atom is 0.247 e. The lowest BCUT2D eigenvalue weighted by Gasteiger charge is -2.30. The van der Waals surface area contributed by atoms with Crippen LogP contribution >= 0.6 is 0 Å². The SMILES string of the molecule is CC(C)C(C(=O)Nc1cccc(CN2CCC(C(N)=O)CC2)c1)n1cnc2cc(F)c(F)cc21. The van der Waals surface area contributed by atoms with Crippen molar-refractivity contribution in [1.82, 2.24) is 14.5 Å². The van der Waals surface area contributed by atoms with E-state index in [4.69, 9.17) is 5.73 Å². The largest absolute Gasteiger partial charge is 0.369 e. The monoisotopic (exact) mass is 469 g/mol. The number of nitrogens with zero attached hydrogens (tertiary/aromatic N) is 3. The molecule has 1 fully saturated rings. The summed E-state index contributed by atoms with van der Waals surface area (Å²) in [5.41, 5.74) is 7.77. The molecule has 2 amide bonds. The summed E-state index contributed by atoms with van der Waals surface area (Å²) in [4.78, 5) is 31.1. The molecule has 9 heteroatoms. The molecule has 2 heterocycles. The van der Waals surface area contributed by atoms with Crippen LogP contribution < -0.4 is 11.1 Å². The summed E-state index contributed by atoms with van der Waals surface area (Å²) in [6.45, 7) is 6.08. The minimum Gasteiger partial charge on any atom is -0.369 e. The number of nitrogens with one attached hydrogen (secondary N) is 1. The summed E-state index contributed by atoms with van der Waals surface area (Å²) in [5.74, 6) is -2.64. The van der Waals surface area contributed by atoms with Crippen LogP contribution in [0, 0.1) is 23.5 Å². The van der Waals surface area contributed by atoms with Gasteiger partial charge < -0.3 is 15.6 Å². The Morgan fingerprint density at radius 1 is 1.15 bits per heavy atom. The fourth-order valence-corrected chi connectivity index (χ4v) is 4.59. The summed E-state index contributed by atoms with van der Waals surface area (Å²) in [6.07, 6.45) is 2.95. The van der Waals surface area contributed by atoms with Crippen molar-refractivity contribution in [3.8, 4) is 0 Å². The number of rotatable bonds is 7. The molecule has 0 spiro atoms. The number of nitrogens with two attached hydrogens (primary N) is 1. The van der Waals surface area contributed by atoms with Gasteiger partial charge in [-0.3, -0.25) is 14.5 Å². The Bertz CT molecular complexity index is 1200. The molecule has 1 atom stereocenters. The first kappa shape index (κ1) is 23.8. The first-order chi connectivity index (χ1) is 16.2. The van der Waals surface area contributed by atoms with Gasteiger partial charge in [0, 0.05) is 30.3 Å². The number of primary amides is 1. The quantitative estimate of drug-likeness (QED) is 0.550. The molecule has 1 aliphatic rings. The van der Waals surface area contributed by atoms with Crippen molar-refractivity contribution in [2.75, 3.05) is 18.4 Å². The molecule has 0 saturated carbocycles. The molecule has 0 radical (unpaired) electrons. The van der Waals surface area contributed by atoms with E-state index < -0.39 is 17.7 Å². The standard InChI is InChI=1S/C25H29F2N5O2/c1-15(2)23(32-14-29-21-11-19(26)20(27)12-22(21)32)25(34)30-18-5-3-4-16(10-18)13-31-8-6-17(7-9-31)24(28)33/h3-5,10-12,14-15,17,23H,6-9,13H2,1-2H3,(H2,28,33)(H,30,34).